The maximum absolute atomic E-state index is 14.6. The van der Waals surface area contributed by atoms with Crippen LogP contribution in [0.25, 0.3) is 0 Å². The predicted molar refractivity (Wildman–Crippen MR) is 165 cm³/mol. The third-order valence-electron chi connectivity index (χ3n) is 9.40. The van der Waals surface area contributed by atoms with Crippen LogP contribution in [0.3, 0.4) is 0 Å². The summed E-state index contributed by atoms with van der Waals surface area (Å²) in [7, 11) is -2.77. The number of fused-ring (bicyclic) bond motifs is 2. The van der Waals surface area contributed by atoms with Crippen LogP contribution in [0, 0.1) is 5.92 Å². The lowest BCUT2D eigenvalue weighted by Crippen LogP contribution is -2.46. The number of hydrogen-bond donors (Lipinski definition) is 2. The fraction of sp³-hybridized carbons (Fsp3) is 0.500. The molecule has 2 N–H and O–H groups in total. The van der Waals surface area contributed by atoms with Crippen molar-refractivity contribution in [2.24, 2.45) is 5.92 Å². The van der Waals surface area contributed by atoms with Crippen LogP contribution in [0.2, 0.25) is 18.6 Å². The zero-order chi connectivity index (χ0) is 30.4. The standard InChI is InChI=1S/C32H41N5O5Si/c1-22-30(43(2,3)41)28(15-18-35-21-24(16-19-38)33-34-35)42-32(22)26-8-4-5-9-27(26)37(31(32)40)20-23-11-13-25(14-12-23)36-17-7-6-10-29(36)39/h4-5,8-9,11-14,21-22,28,30,38,41H,6-7,10,15-20H2,1-3H3/t22-,28+,30-,32+/m1/s1. The number of rotatable bonds is 9. The molecule has 10 nitrogen and oxygen atoms in total. The fourth-order valence-electron chi connectivity index (χ4n) is 7.44. The van der Waals surface area contributed by atoms with Crippen LogP contribution in [0.4, 0.5) is 11.4 Å². The zero-order valence-corrected chi connectivity index (χ0v) is 26.1. The Bertz CT molecular complexity index is 1490. The minimum Gasteiger partial charge on any atom is -0.432 e. The molecule has 6 rings (SSSR count). The molecule has 228 valence electrons. The summed E-state index contributed by atoms with van der Waals surface area (Å²) in [5.41, 5.74) is 2.89. The van der Waals surface area contributed by atoms with E-state index in [-0.39, 0.29) is 36.0 Å². The van der Waals surface area contributed by atoms with Crippen LogP contribution < -0.4 is 9.80 Å². The molecule has 2 aromatic carbocycles. The molecule has 2 fully saturated rings. The molecule has 2 amide bonds. The van der Waals surface area contributed by atoms with Gasteiger partial charge in [-0.05, 0) is 56.1 Å². The van der Waals surface area contributed by atoms with Crippen LogP contribution in [0.1, 0.15) is 49.4 Å². The molecule has 0 radical (unpaired) electrons. The van der Waals surface area contributed by atoms with Crippen LogP contribution in [-0.4, -0.2) is 64.3 Å². The van der Waals surface area contributed by atoms with Gasteiger partial charge in [0.2, 0.25) is 5.91 Å². The first kappa shape index (κ1) is 29.7. The third-order valence-corrected chi connectivity index (χ3v) is 11.9. The number of aliphatic hydroxyl groups excluding tert-OH is 1. The number of anilines is 2. The second-order valence-corrected chi connectivity index (χ2v) is 16.6. The molecule has 43 heavy (non-hydrogen) atoms. The minimum absolute atomic E-state index is 0.0110. The Hall–Kier alpha value is -3.38. The minimum atomic E-state index is -2.77. The van der Waals surface area contributed by atoms with E-state index in [1.54, 1.807) is 4.68 Å². The summed E-state index contributed by atoms with van der Waals surface area (Å²) >= 11 is 0. The molecule has 0 aliphatic carbocycles. The van der Waals surface area contributed by atoms with Crippen molar-refractivity contribution in [2.45, 2.75) is 82.5 Å². The number of aliphatic hydroxyl groups is 1. The normalized spacial score (nSPS) is 25.7. The quantitative estimate of drug-likeness (QED) is 0.357. The number of piperidine rings is 1. The number of amides is 2. The van der Waals surface area contributed by atoms with Gasteiger partial charge in [-0.2, -0.15) is 0 Å². The Morgan fingerprint density at radius 3 is 2.58 bits per heavy atom. The highest BCUT2D eigenvalue weighted by atomic mass is 28.4. The van der Waals surface area contributed by atoms with E-state index < -0.39 is 13.9 Å². The van der Waals surface area contributed by atoms with Gasteiger partial charge >= 0.3 is 0 Å². The Kier molecular flexibility index (Phi) is 8.01. The largest absolute Gasteiger partial charge is 0.432 e. The fourth-order valence-corrected chi connectivity index (χ4v) is 10.0. The second kappa shape index (κ2) is 11.6. The third kappa shape index (κ3) is 5.32. The van der Waals surface area contributed by atoms with Gasteiger partial charge in [-0.15, -0.1) is 5.10 Å². The molecule has 0 saturated carbocycles. The highest BCUT2D eigenvalue weighted by Crippen LogP contribution is 2.59. The first-order chi connectivity index (χ1) is 20.6. The van der Waals surface area contributed by atoms with Gasteiger partial charge in [0.05, 0.1) is 24.0 Å². The van der Waals surface area contributed by atoms with Crippen LogP contribution >= 0.6 is 0 Å². The maximum atomic E-state index is 14.6. The second-order valence-electron chi connectivity index (χ2n) is 12.7. The van der Waals surface area contributed by atoms with E-state index in [2.05, 4.69) is 10.3 Å². The molecule has 2 saturated heterocycles. The summed E-state index contributed by atoms with van der Waals surface area (Å²) in [4.78, 5) is 42.1. The lowest BCUT2D eigenvalue weighted by molar-refractivity contribution is -0.146. The smallest absolute Gasteiger partial charge is 0.264 e. The van der Waals surface area contributed by atoms with Crippen molar-refractivity contribution >= 4 is 31.5 Å². The monoisotopic (exact) mass is 603 g/mol. The Labute approximate surface area is 253 Å². The molecular weight excluding hydrogens is 562 g/mol. The molecule has 1 spiro atoms. The highest BCUT2D eigenvalue weighted by Gasteiger charge is 2.66. The van der Waals surface area contributed by atoms with Gasteiger partial charge in [0.1, 0.15) is 0 Å². The van der Waals surface area contributed by atoms with Gasteiger partial charge in [0.25, 0.3) is 5.91 Å². The average molecular weight is 604 g/mol. The molecule has 3 aromatic rings. The van der Waals surface area contributed by atoms with E-state index in [4.69, 9.17) is 4.74 Å². The van der Waals surface area contributed by atoms with Gasteiger partial charge in [-0.3, -0.25) is 14.3 Å². The van der Waals surface area contributed by atoms with Crippen molar-refractivity contribution in [3.8, 4) is 0 Å². The van der Waals surface area contributed by atoms with Crippen molar-refractivity contribution in [1.82, 2.24) is 15.0 Å². The molecule has 1 aromatic heterocycles. The van der Waals surface area contributed by atoms with Gasteiger partial charge in [-0.25, -0.2) is 0 Å². The number of carbonyl (C=O) groups excluding carboxylic acids is 2. The molecule has 3 aliphatic heterocycles. The lowest BCUT2D eigenvalue weighted by Gasteiger charge is -2.32. The van der Waals surface area contributed by atoms with E-state index >= 15 is 0 Å². The van der Waals surface area contributed by atoms with Crippen LogP contribution in [0.5, 0.6) is 0 Å². The van der Waals surface area contributed by atoms with Gasteiger partial charge in [0, 0.05) is 61.4 Å². The van der Waals surface area contributed by atoms with Crippen molar-refractivity contribution in [3.05, 3.63) is 71.5 Å². The topological polar surface area (TPSA) is 121 Å². The first-order valence-electron chi connectivity index (χ1n) is 15.3. The van der Waals surface area contributed by atoms with E-state index in [1.165, 1.54) is 0 Å². The summed E-state index contributed by atoms with van der Waals surface area (Å²) in [6.07, 6.45) is 5.03. The summed E-state index contributed by atoms with van der Waals surface area (Å²) in [5.74, 6) is -0.185. The summed E-state index contributed by atoms with van der Waals surface area (Å²) < 4.78 is 8.63. The van der Waals surface area contributed by atoms with E-state index in [0.717, 1.165) is 47.6 Å². The van der Waals surface area contributed by atoms with Gasteiger partial charge in [0.15, 0.2) is 13.9 Å². The Morgan fingerprint density at radius 2 is 1.86 bits per heavy atom. The summed E-state index contributed by atoms with van der Waals surface area (Å²) in [6.45, 7) is 7.56. The number of benzene rings is 2. The Morgan fingerprint density at radius 1 is 1.09 bits per heavy atom. The summed E-state index contributed by atoms with van der Waals surface area (Å²) in [5, 5.41) is 17.5. The maximum Gasteiger partial charge on any atom is 0.264 e. The van der Waals surface area contributed by atoms with Crippen LogP contribution in [0.15, 0.2) is 54.7 Å². The molecule has 0 unspecified atom stereocenters. The van der Waals surface area contributed by atoms with Crippen LogP contribution in [-0.2, 0) is 39.4 Å². The molecule has 11 heteroatoms. The first-order valence-corrected chi connectivity index (χ1v) is 18.4. The van der Waals surface area contributed by atoms with E-state index in [1.807, 2.05) is 84.5 Å². The lowest BCUT2D eigenvalue weighted by atomic mass is 9.82. The number of aryl methyl sites for hydroxylation is 1. The summed E-state index contributed by atoms with van der Waals surface area (Å²) in [6, 6.07) is 15.8. The highest BCUT2D eigenvalue weighted by molar-refractivity contribution is 6.71. The van der Waals surface area contributed by atoms with E-state index in [9.17, 15) is 19.5 Å². The molecule has 4 atom stereocenters. The number of ether oxygens (including phenoxy) is 1. The van der Waals surface area contributed by atoms with E-state index in [0.29, 0.717) is 32.4 Å². The molecule has 4 heterocycles. The van der Waals surface area contributed by atoms with Crippen molar-refractivity contribution in [3.63, 3.8) is 0 Å². The molecular formula is C32H41N5O5Si. The number of aromatic nitrogens is 3. The average Bonchev–Trinajstić information content (AvgIpc) is 3.63. The SMILES string of the molecule is C[C@@H]1[C@@H]([Si](C)(C)O)[C@H](CCn2cc(CCO)nn2)O[C@@]12C(=O)N(Cc1ccc(N3CCCCC3=O)cc1)c1ccccc12. The molecule has 3 aliphatic rings. The van der Waals surface area contributed by atoms with Crippen molar-refractivity contribution < 1.29 is 24.2 Å². The van der Waals surface area contributed by atoms with Gasteiger partial charge in [-0.1, -0.05) is 42.5 Å². The Balaban J connectivity index is 1.27. The van der Waals surface area contributed by atoms with Crippen molar-refractivity contribution in [1.29, 1.82) is 0 Å². The number of para-hydroxylation sites is 1. The van der Waals surface area contributed by atoms with Gasteiger partial charge < -0.3 is 24.4 Å². The number of nitrogens with zero attached hydrogens (tertiary/aromatic N) is 5. The predicted octanol–water partition coefficient (Wildman–Crippen LogP) is 3.76. The molecule has 0 bridgehead atoms. The number of carbonyl (C=O) groups is 2. The number of hydrogen-bond acceptors (Lipinski definition) is 7. The zero-order valence-electron chi connectivity index (χ0n) is 25.1. The van der Waals surface area contributed by atoms with Crippen molar-refractivity contribution in [2.75, 3.05) is 23.0 Å².